The van der Waals surface area contributed by atoms with Crippen molar-refractivity contribution in [3.63, 3.8) is 0 Å². The Labute approximate surface area is 181 Å². The molecule has 0 fully saturated rings. The number of aryl methyl sites for hydroxylation is 2. The number of aromatic nitrogens is 2. The molecule has 2 heterocycles. The number of nitrogens with zero attached hydrogens (tertiary/aromatic N) is 2. The predicted molar refractivity (Wildman–Crippen MR) is 119 cm³/mol. The first-order chi connectivity index (χ1) is 14.6. The van der Waals surface area contributed by atoms with E-state index in [1.807, 2.05) is 13.0 Å². The van der Waals surface area contributed by atoms with Gasteiger partial charge in [0.2, 0.25) is 5.91 Å². The van der Waals surface area contributed by atoms with Crippen LogP contribution in [0.15, 0.2) is 40.3 Å². The number of thiophene rings is 1. The smallest absolute Gasteiger partial charge is 0.269 e. The molecule has 3 aromatic rings. The van der Waals surface area contributed by atoms with Gasteiger partial charge >= 0.3 is 0 Å². The molecule has 1 aromatic carbocycles. The zero-order valence-corrected chi connectivity index (χ0v) is 18.2. The van der Waals surface area contributed by atoms with Gasteiger partial charge in [-0.25, -0.2) is 4.98 Å². The Hall–Kier alpha value is -2.65. The molecule has 0 atom stereocenters. The first-order valence-corrected chi connectivity index (χ1v) is 11.7. The van der Waals surface area contributed by atoms with Crippen LogP contribution in [0, 0.1) is 0 Å². The number of carbonyl (C=O) groups is 2. The molecule has 1 aliphatic carbocycles. The zero-order chi connectivity index (χ0) is 21.1. The number of nitrogens with one attached hydrogen (secondary N) is 2. The molecule has 1 aliphatic rings. The molecular weight excluding hydrogens is 420 g/mol. The minimum absolute atomic E-state index is 0.0258. The van der Waals surface area contributed by atoms with Crippen LogP contribution in [-0.2, 0) is 24.2 Å². The van der Waals surface area contributed by atoms with Gasteiger partial charge in [0.15, 0.2) is 5.16 Å². The van der Waals surface area contributed by atoms with E-state index in [1.165, 1.54) is 22.2 Å². The number of hydrazine groups is 1. The van der Waals surface area contributed by atoms with Crippen LogP contribution in [0.25, 0.3) is 10.2 Å². The third kappa shape index (κ3) is 4.13. The number of amides is 2. The normalized spacial score (nSPS) is 13.1. The molecule has 2 amide bonds. The number of benzene rings is 1. The Balaban J connectivity index is 1.46. The first-order valence-electron chi connectivity index (χ1n) is 9.90. The Bertz CT molecular complexity index is 1150. The summed E-state index contributed by atoms with van der Waals surface area (Å²) in [7, 11) is 0. The molecule has 0 unspecified atom stereocenters. The van der Waals surface area contributed by atoms with E-state index in [4.69, 9.17) is 4.98 Å². The monoisotopic (exact) mass is 442 g/mol. The summed E-state index contributed by atoms with van der Waals surface area (Å²) in [5, 5.41) is 1.28. The molecule has 0 spiro atoms. The number of hydrogen-bond donors (Lipinski definition) is 2. The lowest BCUT2D eigenvalue weighted by Gasteiger charge is -2.12. The summed E-state index contributed by atoms with van der Waals surface area (Å²) in [5.74, 6) is -0.715. The molecule has 4 rings (SSSR count). The summed E-state index contributed by atoms with van der Waals surface area (Å²) >= 11 is 2.80. The van der Waals surface area contributed by atoms with Gasteiger partial charge in [0, 0.05) is 17.0 Å². The van der Waals surface area contributed by atoms with Gasteiger partial charge in [0.1, 0.15) is 4.83 Å². The lowest BCUT2D eigenvalue weighted by molar-refractivity contribution is -0.119. The summed E-state index contributed by atoms with van der Waals surface area (Å²) in [6, 6.07) is 8.64. The van der Waals surface area contributed by atoms with Crippen molar-refractivity contribution >= 4 is 45.1 Å². The van der Waals surface area contributed by atoms with Crippen molar-refractivity contribution in [2.24, 2.45) is 0 Å². The SMILES string of the molecule is CCn1c(SCC(=O)NNC(=O)c2ccccc2)nc2sc3c(c2c1=O)CCCC3. The lowest BCUT2D eigenvalue weighted by Crippen LogP contribution is -2.42. The van der Waals surface area contributed by atoms with Gasteiger partial charge in [0.05, 0.1) is 11.1 Å². The van der Waals surface area contributed by atoms with E-state index in [-0.39, 0.29) is 23.1 Å². The average Bonchev–Trinajstić information content (AvgIpc) is 3.15. The Morgan fingerprint density at radius 3 is 2.70 bits per heavy atom. The van der Waals surface area contributed by atoms with Crippen LogP contribution in [0.2, 0.25) is 0 Å². The van der Waals surface area contributed by atoms with E-state index in [1.54, 1.807) is 40.2 Å². The van der Waals surface area contributed by atoms with E-state index in [0.29, 0.717) is 17.3 Å². The van der Waals surface area contributed by atoms with Crippen LogP contribution in [0.5, 0.6) is 0 Å². The summed E-state index contributed by atoms with van der Waals surface area (Å²) in [6.45, 7) is 2.39. The zero-order valence-electron chi connectivity index (χ0n) is 16.6. The number of rotatable bonds is 5. The maximum Gasteiger partial charge on any atom is 0.269 e. The van der Waals surface area contributed by atoms with E-state index in [0.717, 1.165) is 35.9 Å². The van der Waals surface area contributed by atoms with Gasteiger partial charge in [-0.15, -0.1) is 11.3 Å². The highest BCUT2D eigenvalue weighted by molar-refractivity contribution is 7.99. The second kappa shape index (κ2) is 9.01. The Morgan fingerprint density at radius 1 is 1.17 bits per heavy atom. The third-order valence-electron chi connectivity index (χ3n) is 5.04. The highest BCUT2D eigenvalue weighted by Crippen LogP contribution is 2.34. The van der Waals surface area contributed by atoms with Gasteiger partial charge in [-0.3, -0.25) is 29.8 Å². The van der Waals surface area contributed by atoms with Gasteiger partial charge in [-0.1, -0.05) is 30.0 Å². The maximum atomic E-state index is 13.1. The molecule has 0 bridgehead atoms. The molecule has 2 N–H and O–H groups in total. The Morgan fingerprint density at radius 2 is 1.93 bits per heavy atom. The molecule has 156 valence electrons. The quantitative estimate of drug-likeness (QED) is 0.360. The van der Waals surface area contributed by atoms with Gasteiger partial charge < -0.3 is 0 Å². The van der Waals surface area contributed by atoms with Crippen molar-refractivity contribution in [2.75, 3.05) is 5.75 Å². The van der Waals surface area contributed by atoms with Crippen molar-refractivity contribution < 1.29 is 9.59 Å². The summed E-state index contributed by atoms with van der Waals surface area (Å²) < 4.78 is 1.63. The third-order valence-corrected chi connectivity index (χ3v) is 7.20. The van der Waals surface area contributed by atoms with E-state index in [2.05, 4.69) is 10.9 Å². The molecule has 2 aromatic heterocycles. The summed E-state index contributed by atoms with van der Waals surface area (Å²) in [4.78, 5) is 44.0. The average molecular weight is 443 g/mol. The van der Waals surface area contributed by atoms with Gasteiger partial charge in [-0.2, -0.15) is 0 Å². The second-order valence-corrected chi connectivity index (χ2v) is 9.02. The van der Waals surface area contributed by atoms with Crippen LogP contribution in [-0.4, -0.2) is 27.1 Å². The molecule has 30 heavy (non-hydrogen) atoms. The number of hydrogen-bond acceptors (Lipinski definition) is 6. The van der Waals surface area contributed by atoms with Crippen LogP contribution >= 0.6 is 23.1 Å². The molecular formula is C21H22N4O3S2. The lowest BCUT2D eigenvalue weighted by atomic mass is 9.97. The van der Waals surface area contributed by atoms with E-state index >= 15 is 0 Å². The topological polar surface area (TPSA) is 93.1 Å². The number of fused-ring (bicyclic) bond motifs is 3. The molecule has 0 aliphatic heterocycles. The molecule has 7 nitrogen and oxygen atoms in total. The van der Waals surface area contributed by atoms with Crippen molar-refractivity contribution in [1.82, 2.24) is 20.4 Å². The summed E-state index contributed by atoms with van der Waals surface area (Å²) in [6.07, 6.45) is 4.20. The molecule has 0 radical (unpaired) electrons. The standard InChI is InChI=1S/C21H22N4O3S2/c1-2-25-20(28)17-14-10-6-7-11-15(14)30-19(17)22-21(25)29-12-16(26)23-24-18(27)13-8-4-3-5-9-13/h3-5,8-9H,2,6-7,10-12H2,1H3,(H,23,26)(H,24,27). The molecule has 0 saturated carbocycles. The second-order valence-electron chi connectivity index (χ2n) is 6.99. The fourth-order valence-corrected chi connectivity index (χ4v) is 5.73. The minimum Gasteiger partial charge on any atom is -0.287 e. The van der Waals surface area contributed by atoms with Crippen LogP contribution in [0.1, 0.15) is 40.6 Å². The first kappa shape index (κ1) is 20.6. The van der Waals surface area contributed by atoms with E-state index < -0.39 is 0 Å². The van der Waals surface area contributed by atoms with Crippen LogP contribution in [0.4, 0.5) is 0 Å². The van der Waals surface area contributed by atoms with E-state index in [9.17, 15) is 14.4 Å². The van der Waals surface area contributed by atoms with Crippen molar-refractivity contribution in [3.8, 4) is 0 Å². The van der Waals surface area contributed by atoms with Crippen molar-refractivity contribution in [3.05, 3.63) is 56.7 Å². The van der Waals surface area contributed by atoms with Gasteiger partial charge in [-0.05, 0) is 50.3 Å². The highest BCUT2D eigenvalue weighted by Gasteiger charge is 2.22. The van der Waals surface area contributed by atoms with Crippen LogP contribution in [0.3, 0.4) is 0 Å². The fourth-order valence-electron chi connectivity index (χ4n) is 3.56. The maximum absolute atomic E-state index is 13.1. The van der Waals surface area contributed by atoms with Crippen LogP contribution < -0.4 is 16.4 Å². The van der Waals surface area contributed by atoms with Crippen molar-refractivity contribution in [1.29, 1.82) is 0 Å². The van der Waals surface area contributed by atoms with Crippen molar-refractivity contribution in [2.45, 2.75) is 44.3 Å². The summed E-state index contributed by atoms with van der Waals surface area (Å²) in [5.41, 5.74) is 6.40. The highest BCUT2D eigenvalue weighted by atomic mass is 32.2. The molecule has 0 saturated heterocycles. The van der Waals surface area contributed by atoms with Gasteiger partial charge in [0.25, 0.3) is 11.5 Å². The Kier molecular flexibility index (Phi) is 6.19. The predicted octanol–water partition coefficient (Wildman–Crippen LogP) is 2.91. The number of thioether (sulfide) groups is 1. The minimum atomic E-state index is -0.386. The fraction of sp³-hybridized carbons (Fsp3) is 0.333. The number of carbonyl (C=O) groups excluding carboxylic acids is 2. The largest absolute Gasteiger partial charge is 0.287 e. The molecule has 9 heteroatoms.